The third-order valence-electron chi connectivity index (χ3n) is 10.2. The van der Waals surface area contributed by atoms with Crippen molar-refractivity contribution in [3.63, 3.8) is 0 Å². The van der Waals surface area contributed by atoms with Crippen LogP contribution in [0, 0.1) is 34.5 Å². The summed E-state index contributed by atoms with van der Waals surface area (Å²) in [6, 6.07) is 0. The molecule has 4 aliphatic carbocycles. The number of nitrogens with zero attached hydrogens (tertiary/aromatic N) is 2. The third kappa shape index (κ3) is 1.97. The maximum Gasteiger partial charge on any atom is 0.162 e. The minimum absolute atomic E-state index is 0.00478. The number of hydrogen-bond donors (Lipinski definition) is 2. The Morgan fingerprint density at radius 3 is 2.78 bits per heavy atom. The fraction of sp³-hybridized carbons (Fsp3) is 0.955. The lowest BCUT2D eigenvalue weighted by Crippen LogP contribution is -2.62. The Morgan fingerprint density at radius 2 is 1.93 bits per heavy atom. The molecule has 27 heavy (non-hydrogen) atoms. The van der Waals surface area contributed by atoms with Crippen LogP contribution in [0.1, 0.15) is 65.2 Å². The first kappa shape index (κ1) is 17.6. The predicted octanol–water partition coefficient (Wildman–Crippen LogP) is 3.48. The highest BCUT2D eigenvalue weighted by Gasteiger charge is 2.73. The summed E-state index contributed by atoms with van der Waals surface area (Å²) < 4.78 is 0. The molecule has 0 aromatic carbocycles. The Labute approximate surface area is 167 Å². The van der Waals surface area contributed by atoms with Crippen molar-refractivity contribution in [2.75, 3.05) is 13.1 Å². The van der Waals surface area contributed by atoms with E-state index in [-0.39, 0.29) is 11.5 Å². The SMILES string of the molecule is C[C@]12CCC(O)CC1CCC1C2CC[C@@]2(C)C1C[C@H]1SC3=NCCN3[C@]12O. The van der Waals surface area contributed by atoms with E-state index in [1.807, 2.05) is 11.8 Å². The van der Waals surface area contributed by atoms with Crippen molar-refractivity contribution < 1.29 is 10.2 Å². The molecule has 4 saturated carbocycles. The quantitative estimate of drug-likeness (QED) is 0.665. The first-order chi connectivity index (χ1) is 12.9. The highest BCUT2D eigenvalue weighted by Crippen LogP contribution is 2.71. The van der Waals surface area contributed by atoms with Gasteiger partial charge in [0.15, 0.2) is 10.9 Å². The van der Waals surface area contributed by atoms with Crippen molar-refractivity contribution >= 4 is 16.9 Å². The van der Waals surface area contributed by atoms with E-state index < -0.39 is 5.72 Å². The summed E-state index contributed by atoms with van der Waals surface area (Å²) in [6.45, 7) is 6.72. The largest absolute Gasteiger partial charge is 0.393 e. The maximum atomic E-state index is 12.1. The van der Waals surface area contributed by atoms with E-state index in [1.54, 1.807) is 0 Å². The number of fused-ring (bicyclic) bond motifs is 9. The monoisotopic (exact) mass is 390 g/mol. The molecule has 0 aromatic rings. The Kier molecular flexibility index (Phi) is 3.55. The molecule has 0 aromatic heterocycles. The lowest BCUT2D eigenvalue weighted by atomic mass is 9.44. The van der Waals surface area contributed by atoms with Gasteiger partial charge >= 0.3 is 0 Å². The van der Waals surface area contributed by atoms with Crippen LogP contribution in [0.2, 0.25) is 0 Å². The molecule has 6 aliphatic rings. The Balaban J connectivity index is 1.35. The Morgan fingerprint density at radius 1 is 1.07 bits per heavy atom. The van der Waals surface area contributed by atoms with Crippen LogP contribution in [-0.2, 0) is 0 Å². The van der Waals surface area contributed by atoms with Crippen LogP contribution < -0.4 is 0 Å². The molecule has 2 heterocycles. The van der Waals surface area contributed by atoms with Crippen LogP contribution in [0.3, 0.4) is 0 Å². The molecule has 5 fully saturated rings. The van der Waals surface area contributed by atoms with Gasteiger partial charge in [-0.25, -0.2) is 0 Å². The molecule has 0 spiro atoms. The van der Waals surface area contributed by atoms with Crippen LogP contribution in [0.4, 0.5) is 0 Å². The van der Waals surface area contributed by atoms with E-state index in [2.05, 4.69) is 23.7 Å². The molecule has 0 radical (unpaired) electrons. The Hall–Kier alpha value is -0.260. The lowest BCUT2D eigenvalue weighted by molar-refractivity contribution is -0.191. The fourth-order valence-corrected chi connectivity index (χ4v) is 10.4. The normalized spacial score (nSPS) is 58.8. The fourth-order valence-electron chi connectivity index (χ4n) is 8.79. The molecule has 0 bridgehead atoms. The topological polar surface area (TPSA) is 56.1 Å². The molecule has 1 saturated heterocycles. The van der Waals surface area contributed by atoms with Gasteiger partial charge in [0.05, 0.1) is 17.9 Å². The molecule has 2 aliphatic heterocycles. The summed E-state index contributed by atoms with van der Waals surface area (Å²) >= 11 is 1.87. The molecule has 6 rings (SSSR count). The first-order valence-corrected chi connectivity index (χ1v) is 12.1. The van der Waals surface area contributed by atoms with Crippen LogP contribution >= 0.6 is 11.8 Å². The average molecular weight is 391 g/mol. The molecular weight excluding hydrogens is 356 g/mol. The van der Waals surface area contributed by atoms with Gasteiger partial charge in [0.25, 0.3) is 0 Å². The molecule has 0 amide bonds. The van der Waals surface area contributed by atoms with E-state index in [0.717, 1.165) is 55.8 Å². The number of thioether (sulfide) groups is 1. The average Bonchev–Trinajstić information content (AvgIpc) is 3.26. The van der Waals surface area contributed by atoms with Crippen molar-refractivity contribution in [2.45, 2.75) is 82.3 Å². The lowest BCUT2D eigenvalue weighted by Gasteiger charge is -2.62. The first-order valence-electron chi connectivity index (χ1n) is 11.3. The second-order valence-electron chi connectivity index (χ2n) is 10.9. The highest BCUT2D eigenvalue weighted by atomic mass is 32.2. The maximum absolute atomic E-state index is 12.1. The standard InChI is InChI=1S/C22H34N2O2S/c1-20-7-5-14(25)11-13(20)3-4-15-16(20)6-8-21(2)17(15)12-18-22(21,26)24-10-9-23-19(24)27-18/h13-18,25-26H,3-12H2,1-2H3/t13?,14?,15?,16?,17?,18-,20+,21+,22+/m1/s1. The molecule has 2 N–H and O–H groups in total. The van der Waals surface area contributed by atoms with E-state index in [0.29, 0.717) is 22.5 Å². The smallest absolute Gasteiger partial charge is 0.162 e. The van der Waals surface area contributed by atoms with Crippen molar-refractivity contribution in [1.29, 1.82) is 0 Å². The predicted molar refractivity (Wildman–Crippen MR) is 108 cm³/mol. The van der Waals surface area contributed by atoms with Gasteiger partial charge in [0, 0.05) is 12.0 Å². The Bertz CT molecular complexity index is 700. The zero-order chi connectivity index (χ0) is 18.6. The summed E-state index contributed by atoms with van der Waals surface area (Å²) in [5.74, 6) is 2.91. The van der Waals surface area contributed by atoms with Gasteiger partial charge in [-0.15, -0.1) is 0 Å². The molecule has 150 valence electrons. The van der Waals surface area contributed by atoms with E-state index >= 15 is 0 Å². The number of rotatable bonds is 0. The zero-order valence-electron chi connectivity index (χ0n) is 16.7. The van der Waals surface area contributed by atoms with Crippen molar-refractivity contribution in [3.8, 4) is 0 Å². The molecule has 5 unspecified atom stereocenters. The third-order valence-corrected chi connectivity index (χ3v) is 11.6. The number of aliphatic imine (C=N–C) groups is 1. The van der Waals surface area contributed by atoms with Crippen LogP contribution in [-0.4, -0.2) is 50.4 Å². The molecule has 9 atom stereocenters. The minimum atomic E-state index is -0.677. The second-order valence-corrected chi connectivity index (χ2v) is 12.1. The van der Waals surface area contributed by atoms with E-state index in [9.17, 15) is 10.2 Å². The molecule has 5 heteroatoms. The zero-order valence-corrected chi connectivity index (χ0v) is 17.5. The summed E-state index contributed by atoms with van der Waals surface area (Å²) in [5, 5.41) is 23.7. The van der Waals surface area contributed by atoms with Crippen LogP contribution in [0.5, 0.6) is 0 Å². The van der Waals surface area contributed by atoms with Gasteiger partial charge in [-0.3, -0.25) is 4.99 Å². The highest BCUT2D eigenvalue weighted by molar-refractivity contribution is 8.14. The number of aliphatic hydroxyl groups is 2. The summed E-state index contributed by atoms with van der Waals surface area (Å²) in [7, 11) is 0. The van der Waals surface area contributed by atoms with Crippen molar-refractivity contribution in [3.05, 3.63) is 0 Å². The number of amidine groups is 1. The summed E-state index contributed by atoms with van der Waals surface area (Å²) in [4.78, 5) is 6.95. The summed E-state index contributed by atoms with van der Waals surface area (Å²) in [6.07, 6.45) is 9.34. The van der Waals surface area contributed by atoms with E-state index in [1.165, 1.54) is 25.7 Å². The molecule has 4 nitrogen and oxygen atoms in total. The van der Waals surface area contributed by atoms with Gasteiger partial charge in [-0.2, -0.15) is 0 Å². The van der Waals surface area contributed by atoms with Gasteiger partial charge in [-0.05, 0) is 80.5 Å². The van der Waals surface area contributed by atoms with E-state index in [4.69, 9.17) is 0 Å². The minimum Gasteiger partial charge on any atom is -0.393 e. The number of hydrogen-bond acceptors (Lipinski definition) is 5. The van der Waals surface area contributed by atoms with Gasteiger partial charge < -0.3 is 15.1 Å². The van der Waals surface area contributed by atoms with Gasteiger partial charge in [0.2, 0.25) is 0 Å². The second kappa shape index (κ2) is 5.46. The van der Waals surface area contributed by atoms with Crippen molar-refractivity contribution in [1.82, 2.24) is 4.90 Å². The van der Waals surface area contributed by atoms with Gasteiger partial charge in [-0.1, -0.05) is 25.6 Å². The molecular formula is C22H34N2O2S. The van der Waals surface area contributed by atoms with Crippen LogP contribution in [0.25, 0.3) is 0 Å². The van der Waals surface area contributed by atoms with Gasteiger partial charge in [0.1, 0.15) is 0 Å². The number of aliphatic hydroxyl groups excluding tert-OH is 1. The summed E-state index contributed by atoms with van der Waals surface area (Å²) in [5.41, 5.74) is -0.259. The van der Waals surface area contributed by atoms with Crippen LogP contribution in [0.15, 0.2) is 4.99 Å². The van der Waals surface area contributed by atoms with Crippen molar-refractivity contribution in [2.24, 2.45) is 39.5 Å².